The van der Waals surface area contributed by atoms with E-state index >= 15 is 0 Å². The van der Waals surface area contributed by atoms with E-state index in [0.717, 1.165) is 10.2 Å². The first kappa shape index (κ1) is 14.6. The van der Waals surface area contributed by atoms with Crippen molar-refractivity contribution >= 4 is 27.5 Å². The summed E-state index contributed by atoms with van der Waals surface area (Å²) in [7, 11) is 0. The number of hydrogen-bond acceptors (Lipinski definition) is 5. The predicted octanol–water partition coefficient (Wildman–Crippen LogP) is 2.34. The van der Waals surface area contributed by atoms with E-state index in [-0.39, 0.29) is 11.9 Å². The molecule has 0 fully saturated rings. The van der Waals surface area contributed by atoms with Crippen molar-refractivity contribution in [3.8, 4) is 0 Å². The highest BCUT2D eigenvalue weighted by Crippen LogP contribution is 2.19. The maximum absolute atomic E-state index is 12.5. The van der Waals surface area contributed by atoms with Crippen molar-refractivity contribution in [2.75, 3.05) is 0 Å². The smallest absolute Gasteiger partial charge is 0.251 e. The molecule has 3 rings (SSSR count). The number of amides is 1. The molecule has 1 aromatic carbocycles. The summed E-state index contributed by atoms with van der Waals surface area (Å²) in [6.45, 7) is 4.76. The number of benzene rings is 1. The van der Waals surface area contributed by atoms with E-state index in [1.807, 2.05) is 18.2 Å². The third-order valence-corrected chi connectivity index (χ3v) is 4.36. The van der Waals surface area contributed by atoms with Gasteiger partial charge in [0.2, 0.25) is 0 Å². The average molecular weight is 315 g/mol. The number of fused-ring (bicyclic) bond motifs is 1. The Balaban J connectivity index is 1.75. The minimum Gasteiger partial charge on any atom is -0.347 e. The molecular formula is C15H17N5OS. The standard InChI is InChI=1S/C15H17N5OS/c1-10(2)13(6-20-8-16-7-18-20)19-15(21)11-3-4-12-14(5-11)22-9-17-12/h3-5,7-10,13H,6H2,1-2H3,(H,19,21). The van der Waals surface area contributed by atoms with Gasteiger partial charge in [0.15, 0.2) is 0 Å². The van der Waals surface area contributed by atoms with Gasteiger partial charge in [-0.3, -0.25) is 9.48 Å². The van der Waals surface area contributed by atoms with E-state index in [1.165, 1.54) is 17.7 Å². The van der Waals surface area contributed by atoms with E-state index < -0.39 is 0 Å². The van der Waals surface area contributed by atoms with Gasteiger partial charge in [0, 0.05) is 5.56 Å². The highest BCUT2D eigenvalue weighted by molar-refractivity contribution is 7.16. The van der Waals surface area contributed by atoms with E-state index in [4.69, 9.17) is 0 Å². The fraction of sp³-hybridized carbons (Fsp3) is 0.333. The Morgan fingerprint density at radius 3 is 3.00 bits per heavy atom. The van der Waals surface area contributed by atoms with Gasteiger partial charge in [0.25, 0.3) is 5.91 Å². The van der Waals surface area contributed by atoms with Gasteiger partial charge in [0.1, 0.15) is 12.7 Å². The SMILES string of the molecule is CC(C)C(Cn1cncn1)NC(=O)c1ccc2ncsc2c1. The molecule has 0 aliphatic carbocycles. The second-order valence-electron chi connectivity index (χ2n) is 5.48. The second-order valence-corrected chi connectivity index (χ2v) is 6.36. The Labute approximate surface area is 132 Å². The summed E-state index contributed by atoms with van der Waals surface area (Å²) in [4.78, 5) is 20.6. The fourth-order valence-corrected chi connectivity index (χ4v) is 2.92. The molecule has 3 aromatic rings. The largest absolute Gasteiger partial charge is 0.347 e. The highest BCUT2D eigenvalue weighted by atomic mass is 32.1. The summed E-state index contributed by atoms with van der Waals surface area (Å²) in [6, 6.07) is 5.56. The van der Waals surface area contributed by atoms with Crippen molar-refractivity contribution in [1.29, 1.82) is 0 Å². The van der Waals surface area contributed by atoms with Gasteiger partial charge in [-0.15, -0.1) is 11.3 Å². The van der Waals surface area contributed by atoms with Gasteiger partial charge in [-0.2, -0.15) is 5.10 Å². The normalized spacial score (nSPS) is 12.7. The monoisotopic (exact) mass is 315 g/mol. The van der Waals surface area contributed by atoms with E-state index in [0.29, 0.717) is 18.0 Å². The molecule has 1 atom stereocenters. The van der Waals surface area contributed by atoms with E-state index in [2.05, 4.69) is 34.2 Å². The molecule has 0 radical (unpaired) electrons. The van der Waals surface area contributed by atoms with Crippen LogP contribution in [-0.4, -0.2) is 31.7 Å². The number of aromatic nitrogens is 4. The molecule has 114 valence electrons. The van der Waals surface area contributed by atoms with Crippen LogP contribution < -0.4 is 5.32 Å². The molecule has 2 aromatic heterocycles. The second kappa shape index (κ2) is 6.23. The molecule has 1 amide bonds. The number of carbonyl (C=O) groups excluding carboxylic acids is 1. The molecule has 1 unspecified atom stereocenters. The zero-order valence-electron chi connectivity index (χ0n) is 12.4. The summed E-state index contributed by atoms with van der Waals surface area (Å²) >= 11 is 1.53. The predicted molar refractivity (Wildman–Crippen MR) is 85.7 cm³/mol. The van der Waals surface area contributed by atoms with E-state index in [9.17, 15) is 4.79 Å². The Bertz CT molecular complexity index is 765. The Hall–Kier alpha value is -2.28. The zero-order valence-corrected chi connectivity index (χ0v) is 13.2. The number of nitrogens with zero attached hydrogens (tertiary/aromatic N) is 4. The van der Waals surface area contributed by atoms with Gasteiger partial charge in [-0.05, 0) is 24.1 Å². The van der Waals surface area contributed by atoms with Gasteiger partial charge in [0.05, 0.1) is 28.3 Å². The number of rotatable bonds is 5. The van der Waals surface area contributed by atoms with Crippen molar-refractivity contribution in [3.05, 3.63) is 41.9 Å². The lowest BCUT2D eigenvalue weighted by Gasteiger charge is -2.22. The lowest BCUT2D eigenvalue weighted by molar-refractivity contribution is 0.0919. The number of hydrogen-bond donors (Lipinski definition) is 1. The summed E-state index contributed by atoms with van der Waals surface area (Å²) in [5, 5.41) is 7.18. The Kier molecular flexibility index (Phi) is 4.15. The minimum absolute atomic E-state index is 0.00800. The van der Waals surface area contributed by atoms with Crippen LogP contribution in [-0.2, 0) is 6.54 Å². The maximum Gasteiger partial charge on any atom is 0.251 e. The first-order chi connectivity index (χ1) is 10.6. The van der Waals surface area contributed by atoms with Crippen molar-refractivity contribution in [1.82, 2.24) is 25.1 Å². The first-order valence-electron chi connectivity index (χ1n) is 7.10. The van der Waals surface area contributed by atoms with Crippen molar-refractivity contribution in [2.24, 2.45) is 5.92 Å². The van der Waals surface area contributed by atoms with Crippen molar-refractivity contribution < 1.29 is 4.79 Å². The van der Waals surface area contributed by atoms with Crippen LogP contribution in [0, 0.1) is 5.92 Å². The molecule has 0 spiro atoms. The molecule has 22 heavy (non-hydrogen) atoms. The van der Waals surface area contributed by atoms with Gasteiger partial charge >= 0.3 is 0 Å². The van der Waals surface area contributed by atoms with Gasteiger partial charge in [-0.25, -0.2) is 9.97 Å². The highest BCUT2D eigenvalue weighted by Gasteiger charge is 2.18. The fourth-order valence-electron chi connectivity index (χ4n) is 2.20. The molecule has 0 saturated heterocycles. The molecule has 0 aliphatic rings. The number of carbonyl (C=O) groups is 1. The van der Waals surface area contributed by atoms with Gasteiger partial charge < -0.3 is 5.32 Å². The summed E-state index contributed by atoms with van der Waals surface area (Å²) in [6.07, 6.45) is 3.15. The lowest BCUT2D eigenvalue weighted by Crippen LogP contribution is -2.41. The topological polar surface area (TPSA) is 72.7 Å². The molecule has 0 aliphatic heterocycles. The van der Waals surface area contributed by atoms with Crippen molar-refractivity contribution in [3.63, 3.8) is 0 Å². The van der Waals surface area contributed by atoms with E-state index in [1.54, 1.807) is 16.5 Å². The molecule has 7 heteroatoms. The summed E-state index contributed by atoms with van der Waals surface area (Å²) in [5.41, 5.74) is 3.36. The van der Waals surface area contributed by atoms with Crippen LogP contribution in [0.5, 0.6) is 0 Å². The average Bonchev–Trinajstić information content (AvgIpc) is 3.16. The number of thiazole rings is 1. The molecule has 2 heterocycles. The van der Waals surface area contributed by atoms with Crippen LogP contribution >= 0.6 is 11.3 Å². The zero-order chi connectivity index (χ0) is 15.5. The maximum atomic E-state index is 12.5. The van der Waals surface area contributed by atoms with Crippen LogP contribution in [0.25, 0.3) is 10.2 Å². The third kappa shape index (κ3) is 3.14. The Morgan fingerprint density at radius 1 is 1.41 bits per heavy atom. The molecule has 6 nitrogen and oxygen atoms in total. The molecular weight excluding hydrogens is 298 g/mol. The molecule has 1 N–H and O–H groups in total. The molecule has 0 bridgehead atoms. The van der Waals surface area contributed by atoms with Crippen LogP contribution in [0.2, 0.25) is 0 Å². The first-order valence-corrected chi connectivity index (χ1v) is 7.98. The third-order valence-electron chi connectivity index (χ3n) is 3.57. The van der Waals surface area contributed by atoms with Crippen LogP contribution in [0.3, 0.4) is 0 Å². The number of nitrogens with one attached hydrogen (secondary N) is 1. The quantitative estimate of drug-likeness (QED) is 0.784. The minimum atomic E-state index is -0.0749. The summed E-state index contributed by atoms with van der Waals surface area (Å²) < 4.78 is 2.75. The lowest BCUT2D eigenvalue weighted by atomic mass is 10.0. The van der Waals surface area contributed by atoms with Crippen molar-refractivity contribution in [2.45, 2.75) is 26.4 Å². The van der Waals surface area contributed by atoms with Crippen LogP contribution in [0.1, 0.15) is 24.2 Å². The van der Waals surface area contributed by atoms with Gasteiger partial charge in [-0.1, -0.05) is 13.8 Å². The Morgan fingerprint density at radius 2 is 2.27 bits per heavy atom. The van der Waals surface area contributed by atoms with Crippen LogP contribution in [0.4, 0.5) is 0 Å². The summed E-state index contributed by atoms with van der Waals surface area (Å²) in [5.74, 6) is 0.217. The van der Waals surface area contributed by atoms with Crippen LogP contribution in [0.15, 0.2) is 36.4 Å². The molecule has 0 saturated carbocycles.